The van der Waals surface area contributed by atoms with Gasteiger partial charge in [0.1, 0.15) is 0 Å². The van der Waals surface area contributed by atoms with Gasteiger partial charge in [0, 0.05) is 77.4 Å². The van der Waals surface area contributed by atoms with Crippen LogP contribution in [0.15, 0.2) is 24.3 Å². The SMILES string of the molecule is C.C.C.C.C.CNC(CCCCNC(=O)CCN1C(=O)C=CC1=O)C(=O)P=S.CNC(CCCCNC(=O)CCN1C(=O)C=CC1=O)C(=O)P=S.S=PP=S. The Morgan fingerprint density at radius 3 is 1.09 bits per heavy atom. The van der Waals surface area contributed by atoms with Gasteiger partial charge in [-0.05, 0) is 99.8 Å². The van der Waals surface area contributed by atoms with Crippen molar-refractivity contribution in [3.63, 3.8) is 0 Å². The number of hydrogen-bond donors (Lipinski definition) is 4. The first-order chi connectivity index (χ1) is 23.9. The van der Waals surface area contributed by atoms with Crippen LogP contribution in [0.3, 0.4) is 0 Å². The Labute approximate surface area is 355 Å². The number of carbonyl (C=O) groups is 8. The van der Waals surface area contributed by atoms with E-state index in [2.05, 4.69) is 44.9 Å². The minimum atomic E-state index is -0.383. The highest BCUT2D eigenvalue weighted by atomic mass is 32.7. The van der Waals surface area contributed by atoms with Gasteiger partial charge < -0.3 is 21.3 Å². The van der Waals surface area contributed by atoms with Crippen LogP contribution in [0, 0.1) is 0 Å². The smallest absolute Gasteiger partial charge is 0.253 e. The van der Waals surface area contributed by atoms with Gasteiger partial charge in [0.25, 0.3) is 23.6 Å². The lowest BCUT2D eigenvalue weighted by Gasteiger charge is -2.14. The third kappa shape index (κ3) is 29.0. The highest BCUT2D eigenvalue weighted by Gasteiger charge is 2.24. The molecule has 22 heteroatoms. The fourth-order valence-corrected chi connectivity index (χ4v) is 5.75. The zero-order valence-electron chi connectivity index (χ0n) is 27.5. The first-order valence-electron chi connectivity index (χ1n) is 15.2. The molecule has 2 atom stereocenters. The monoisotopic (exact) mass is 920 g/mol. The molecule has 6 amide bonds. The van der Waals surface area contributed by atoms with E-state index >= 15 is 0 Å². The molecule has 0 bridgehead atoms. The number of imide groups is 2. The van der Waals surface area contributed by atoms with Crippen molar-refractivity contribution in [1.29, 1.82) is 0 Å². The number of unbranched alkanes of at least 4 members (excludes halogenated alkanes) is 2. The minimum absolute atomic E-state index is 0. The fraction of sp³-hybridized carbons (Fsp3) is 0.636. The molecule has 2 aliphatic heterocycles. The molecule has 2 unspecified atom stereocenters. The summed E-state index contributed by atoms with van der Waals surface area (Å²) < 4.78 is 0. The number of nitrogens with one attached hydrogen (secondary N) is 4. The van der Waals surface area contributed by atoms with E-state index in [1.165, 1.54) is 24.3 Å². The van der Waals surface area contributed by atoms with E-state index in [9.17, 15) is 38.4 Å². The Morgan fingerprint density at radius 2 is 0.855 bits per heavy atom. The standard InChI is InChI=1S/2C14H20N3O4PS.5CH4.P2S2/c2*1-15-10(14(21)22-23)4-2-3-8-16-11(18)7-9-17-12(19)5-6-13(17)20;;;;;;3-1-2-4/h2*5-6,10,15H,2-4,7-9H2,1H3,(H,16,18);5*1H4;. The summed E-state index contributed by atoms with van der Waals surface area (Å²) in [6, 6.07) is -0.464. The number of hydrogen-bond acceptors (Lipinski definition) is 14. The number of amides is 6. The van der Waals surface area contributed by atoms with Gasteiger partial charge in [0.2, 0.25) is 22.9 Å². The van der Waals surface area contributed by atoms with Crippen LogP contribution in [0.2, 0.25) is 0 Å². The van der Waals surface area contributed by atoms with E-state index in [-0.39, 0.29) is 122 Å². The molecular formula is C33H60N6O8P4S4. The van der Waals surface area contributed by atoms with Gasteiger partial charge >= 0.3 is 0 Å². The summed E-state index contributed by atoms with van der Waals surface area (Å²) in [7, 11) is 5.85. The quantitative estimate of drug-likeness (QED) is 0.0600. The zero-order valence-corrected chi connectivity index (χ0v) is 34.4. The molecule has 0 spiro atoms. The van der Waals surface area contributed by atoms with E-state index in [0.717, 1.165) is 49.6 Å². The Morgan fingerprint density at radius 1 is 0.564 bits per heavy atom. The first-order valence-corrected chi connectivity index (χ1v) is 23.6. The van der Waals surface area contributed by atoms with Crippen LogP contribution in [-0.4, -0.2) is 109 Å². The summed E-state index contributed by atoms with van der Waals surface area (Å²) in [5.41, 5.74) is -0.0276. The van der Waals surface area contributed by atoms with Crippen LogP contribution in [-0.2, 0) is 85.6 Å². The molecule has 0 aromatic rings. The van der Waals surface area contributed by atoms with Crippen LogP contribution in [0.4, 0.5) is 0 Å². The van der Waals surface area contributed by atoms with Crippen molar-refractivity contribution in [1.82, 2.24) is 31.1 Å². The molecule has 2 heterocycles. The molecule has 0 aliphatic carbocycles. The van der Waals surface area contributed by atoms with Crippen LogP contribution in [0.1, 0.15) is 88.5 Å². The Kier molecular flexibility index (Phi) is 47.5. The Balaban J connectivity index is -0.000000183. The van der Waals surface area contributed by atoms with E-state index < -0.39 is 0 Å². The third-order valence-electron chi connectivity index (χ3n) is 6.92. The van der Waals surface area contributed by atoms with Crippen molar-refractivity contribution in [2.75, 3.05) is 40.3 Å². The number of likely N-dealkylation sites (N-methyl/N-ethyl adjacent to an activating group) is 2. The number of carbonyl (C=O) groups excluding carboxylic acids is 8. The normalized spacial score (nSPS) is 13.4. The highest BCUT2D eigenvalue weighted by Crippen LogP contribution is 2.11. The molecule has 0 fully saturated rings. The van der Waals surface area contributed by atoms with E-state index in [0.29, 0.717) is 40.6 Å². The number of rotatable bonds is 23. The predicted octanol–water partition coefficient (Wildman–Crippen LogP) is 5.12. The molecule has 55 heavy (non-hydrogen) atoms. The maximum Gasteiger partial charge on any atom is 0.253 e. The summed E-state index contributed by atoms with van der Waals surface area (Å²) in [5.74, 6) is -1.94. The molecule has 2 aliphatic rings. The lowest BCUT2D eigenvalue weighted by molar-refractivity contribution is -0.139. The molecule has 0 radical (unpaired) electrons. The molecule has 314 valence electrons. The molecule has 0 aromatic carbocycles. The third-order valence-corrected chi connectivity index (χ3v) is 11.6. The van der Waals surface area contributed by atoms with Gasteiger partial charge in [-0.1, -0.05) is 37.1 Å². The average Bonchev–Trinajstić information content (AvgIpc) is 3.62. The zero-order chi connectivity index (χ0) is 37.9. The van der Waals surface area contributed by atoms with Gasteiger partial charge in [-0.25, -0.2) is 0 Å². The van der Waals surface area contributed by atoms with Crippen molar-refractivity contribution in [3.05, 3.63) is 24.3 Å². The molecule has 0 saturated carbocycles. The summed E-state index contributed by atoms with van der Waals surface area (Å²) >= 11 is 18.2. The maximum atomic E-state index is 11.7. The summed E-state index contributed by atoms with van der Waals surface area (Å²) in [6.45, 7) is 1.17. The minimum Gasteiger partial charge on any atom is -0.356 e. The molecular weight excluding hydrogens is 861 g/mol. The lowest BCUT2D eigenvalue weighted by Crippen LogP contribution is -2.35. The fourth-order valence-electron chi connectivity index (χ4n) is 4.22. The summed E-state index contributed by atoms with van der Waals surface area (Å²) in [5, 5.41) is 11.3. The van der Waals surface area contributed by atoms with Crippen molar-refractivity contribution >= 4 is 123 Å². The highest BCUT2D eigenvalue weighted by molar-refractivity contribution is 8.40. The summed E-state index contributed by atoms with van der Waals surface area (Å²) in [4.78, 5) is 93.6. The van der Waals surface area contributed by atoms with Gasteiger partial charge in [0.15, 0.2) is 0 Å². The second kappa shape index (κ2) is 40.2. The van der Waals surface area contributed by atoms with Crippen LogP contribution in [0.5, 0.6) is 0 Å². The molecule has 14 nitrogen and oxygen atoms in total. The maximum absolute atomic E-state index is 11.7. The van der Waals surface area contributed by atoms with Crippen LogP contribution >= 0.6 is 28.8 Å². The van der Waals surface area contributed by atoms with Crippen LogP contribution in [0.25, 0.3) is 0 Å². The van der Waals surface area contributed by atoms with Crippen molar-refractivity contribution in [2.24, 2.45) is 0 Å². The Bertz CT molecular complexity index is 1210. The van der Waals surface area contributed by atoms with Gasteiger partial charge in [0.05, 0.1) is 26.8 Å². The second-order valence-corrected chi connectivity index (χ2v) is 16.8. The van der Waals surface area contributed by atoms with Crippen molar-refractivity contribution < 1.29 is 38.4 Å². The number of nitrogens with zero attached hydrogens (tertiary/aromatic N) is 2. The topological polar surface area (TPSA) is 191 Å². The molecule has 4 N–H and O–H groups in total. The molecule has 0 aromatic heterocycles. The van der Waals surface area contributed by atoms with Gasteiger partial charge in [-0.15, -0.1) is 0 Å². The second-order valence-electron chi connectivity index (χ2n) is 10.2. The molecule has 0 saturated heterocycles. The average molecular weight is 921 g/mol. The largest absolute Gasteiger partial charge is 0.356 e. The predicted molar refractivity (Wildman–Crippen MR) is 241 cm³/mol. The van der Waals surface area contributed by atoms with Crippen molar-refractivity contribution in [3.8, 4) is 0 Å². The van der Waals surface area contributed by atoms with E-state index in [1.54, 1.807) is 14.1 Å². The Hall–Kier alpha value is -1.96. The molecule has 2 rings (SSSR count). The van der Waals surface area contributed by atoms with E-state index in [1.807, 2.05) is 0 Å². The first kappa shape index (κ1) is 64.9. The van der Waals surface area contributed by atoms with Gasteiger partial charge in [-0.2, -0.15) is 0 Å². The van der Waals surface area contributed by atoms with Gasteiger partial charge in [-0.3, -0.25) is 48.2 Å². The summed E-state index contributed by atoms with van der Waals surface area (Å²) in [6.07, 6.45) is 9.38. The van der Waals surface area contributed by atoms with E-state index in [4.69, 9.17) is 23.6 Å². The van der Waals surface area contributed by atoms with Crippen molar-refractivity contribution in [2.45, 2.75) is 101 Å². The lowest BCUT2D eigenvalue weighted by atomic mass is 10.1. The van der Waals surface area contributed by atoms with Crippen LogP contribution < -0.4 is 21.3 Å².